The van der Waals surface area contributed by atoms with Gasteiger partial charge in [0.2, 0.25) is 0 Å². The second-order valence-electron chi connectivity index (χ2n) is 7.19. The summed E-state index contributed by atoms with van der Waals surface area (Å²) in [7, 11) is 0. The first-order valence-corrected chi connectivity index (χ1v) is 10.2. The fourth-order valence-electron chi connectivity index (χ4n) is 3.68. The Morgan fingerprint density at radius 1 is 1.34 bits per heavy atom. The first kappa shape index (κ1) is 19.7. The molecule has 0 bridgehead atoms. The molecule has 4 rings (SSSR count). The van der Waals surface area contributed by atoms with Crippen LogP contribution in [-0.2, 0) is 9.53 Å². The fourth-order valence-corrected chi connectivity index (χ4v) is 3.85. The number of carbonyl (C=O) groups is 1. The minimum Gasteiger partial charge on any atom is -0.466 e. The zero-order chi connectivity index (χ0) is 20.4. The number of ether oxygens (including phenoxy) is 2. The summed E-state index contributed by atoms with van der Waals surface area (Å²) in [6.45, 7) is 6.27. The Kier molecular flexibility index (Phi) is 5.74. The predicted molar refractivity (Wildman–Crippen MR) is 113 cm³/mol. The molecule has 0 aliphatic carbocycles. The first-order valence-electron chi connectivity index (χ1n) is 9.87. The predicted octanol–water partition coefficient (Wildman–Crippen LogP) is 4.00. The van der Waals surface area contributed by atoms with Crippen molar-refractivity contribution in [2.75, 3.05) is 26.2 Å². The summed E-state index contributed by atoms with van der Waals surface area (Å²) >= 11 is 6.20. The minimum absolute atomic E-state index is 0.0272. The van der Waals surface area contributed by atoms with E-state index in [2.05, 4.69) is 10.2 Å². The van der Waals surface area contributed by atoms with Crippen molar-refractivity contribution >= 4 is 29.1 Å². The van der Waals surface area contributed by atoms with Gasteiger partial charge in [0.15, 0.2) is 5.75 Å². The molecule has 2 aromatic rings. The first-order chi connectivity index (χ1) is 14.1. The lowest BCUT2D eigenvalue weighted by Crippen LogP contribution is -2.56. The Balaban J connectivity index is 1.69. The number of esters is 1. The number of carbonyl (C=O) groups excluding carboxylic acids is 1. The maximum absolute atomic E-state index is 12.2. The van der Waals surface area contributed by atoms with Crippen molar-refractivity contribution in [1.82, 2.24) is 10.2 Å². The van der Waals surface area contributed by atoms with Crippen LogP contribution in [0.3, 0.4) is 0 Å². The maximum atomic E-state index is 12.2. The molecular formula is C22H24ClN3O3. The SMILES string of the molecule is CCOC(=O)[C@H](C)[C@@H]1CN(C2=Nc3cc(Cl)ccc3Oc3ccccc32)CCN1. The van der Waals surface area contributed by atoms with Gasteiger partial charge in [0.1, 0.15) is 17.3 Å². The molecule has 29 heavy (non-hydrogen) atoms. The van der Waals surface area contributed by atoms with Gasteiger partial charge in [-0.25, -0.2) is 4.99 Å². The molecule has 152 valence electrons. The van der Waals surface area contributed by atoms with Crippen molar-refractivity contribution in [3.8, 4) is 11.5 Å². The van der Waals surface area contributed by atoms with E-state index in [0.717, 1.165) is 30.2 Å². The number of rotatable bonds is 3. The number of halogens is 1. The van der Waals surface area contributed by atoms with E-state index in [1.807, 2.05) is 50.2 Å². The summed E-state index contributed by atoms with van der Waals surface area (Å²) < 4.78 is 11.3. The monoisotopic (exact) mass is 413 g/mol. The van der Waals surface area contributed by atoms with Crippen LogP contribution in [0.25, 0.3) is 0 Å². The highest BCUT2D eigenvalue weighted by atomic mass is 35.5. The highest BCUT2D eigenvalue weighted by molar-refractivity contribution is 6.31. The maximum Gasteiger partial charge on any atom is 0.310 e. The standard InChI is InChI=1S/C22H24ClN3O3/c1-3-28-22(27)14(2)18-13-26(11-10-24-18)21-16-6-4-5-7-19(16)29-20-9-8-15(23)12-17(20)25-21/h4-9,12,14,18,24H,3,10-11,13H2,1-2H3/t14-,18+/m1/s1. The average molecular weight is 414 g/mol. The molecule has 0 unspecified atom stereocenters. The summed E-state index contributed by atoms with van der Waals surface area (Å²) in [4.78, 5) is 19.4. The van der Waals surface area contributed by atoms with E-state index in [-0.39, 0.29) is 17.9 Å². The van der Waals surface area contributed by atoms with Crippen molar-refractivity contribution in [2.45, 2.75) is 19.9 Å². The Hall–Kier alpha value is -2.57. The molecule has 0 radical (unpaired) electrons. The summed E-state index contributed by atoms with van der Waals surface area (Å²) in [5.41, 5.74) is 1.61. The van der Waals surface area contributed by atoms with Crippen LogP contribution in [0, 0.1) is 5.92 Å². The van der Waals surface area contributed by atoms with Gasteiger partial charge in [0.05, 0.1) is 18.1 Å². The van der Waals surface area contributed by atoms with Crippen LogP contribution >= 0.6 is 11.6 Å². The summed E-state index contributed by atoms with van der Waals surface area (Å²) in [6, 6.07) is 13.3. The Labute approximate surface area is 175 Å². The van der Waals surface area contributed by atoms with Gasteiger partial charge >= 0.3 is 5.97 Å². The number of para-hydroxylation sites is 1. The molecular weight excluding hydrogens is 390 g/mol. The number of piperazine rings is 1. The Morgan fingerprint density at radius 3 is 3.00 bits per heavy atom. The van der Waals surface area contributed by atoms with Crippen molar-refractivity contribution < 1.29 is 14.3 Å². The van der Waals surface area contributed by atoms with Crippen LogP contribution in [0.5, 0.6) is 11.5 Å². The second-order valence-corrected chi connectivity index (χ2v) is 7.63. The average Bonchev–Trinajstić information content (AvgIpc) is 2.90. The van der Waals surface area contributed by atoms with E-state index in [9.17, 15) is 4.79 Å². The lowest BCUT2D eigenvalue weighted by Gasteiger charge is -2.37. The molecule has 1 N–H and O–H groups in total. The molecule has 0 saturated carbocycles. The molecule has 2 aliphatic heterocycles. The third kappa shape index (κ3) is 4.09. The van der Waals surface area contributed by atoms with E-state index in [0.29, 0.717) is 29.6 Å². The van der Waals surface area contributed by atoms with E-state index in [1.54, 1.807) is 6.07 Å². The molecule has 2 aliphatic rings. The third-order valence-corrected chi connectivity index (χ3v) is 5.50. The molecule has 2 aromatic carbocycles. The van der Waals surface area contributed by atoms with Crippen LogP contribution in [0.2, 0.25) is 5.02 Å². The van der Waals surface area contributed by atoms with Crippen LogP contribution in [-0.4, -0.2) is 49.0 Å². The van der Waals surface area contributed by atoms with E-state index < -0.39 is 0 Å². The van der Waals surface area contributed by atoms with Gasteiger partial charge < -0.3 is 19.7 Å². The zero-order valence-corrected chi connectivity index (χ0v) is 17.3. The number of benzene rings is 2. The molecule has 2 heterocycles. The zero-order valence-electron chi connectivity index (χ0n) is 16.5. The summed E-state index contributed by atoms with van der Waals surface area (Å²) in [5, 5.41) is 4.05. The van der Waals surface area contributed by atoms with Crippen molar-refractivity contribution in [3.63, 3.8) is 0 Å². The summed E-state index contributed by atoms with van der Waals surface area (Å²) in [6.07, 6.45) is 0. The molecule has 1 fully saturated rings. The van der Waals surface area contributed by atoms with Gasteiger partial charge in [-0.15, -0.1) is 0 Å². The number of aliphatic imine (C=N–C) groups is 1. The van der Waals surface area contributed by atoms with Crippen LogP contribution < -0.4 is 10.1 Å². The van der Waals surface area contributed by atoms with E-state index >= 15 is 0 Å². The number of amidine groups is 1. The van der Waals surface area contributed by atoms with Crippen molar-refractivity contribution in [2.24, 2.45) is 10.9 Å². The van der Waals surface area contributed by atoms with Gasteiger partial charge in [-0.2, -0.15) is 0 Å². The topological polar surface area (TPSA) is 63.2 Å². The molecule has 6 nitrogen and oxygen atoms in total. The lowest BCUT2D eigenvalue weighted by atomic mass is 9.99. The Morgan fingerprint density at radius 2 is 2.17 bits per heavy atom. The van der Waals surface area contributed by atoms with Crippen molar-refractivity contribution in [1.29, 1.82) is 0 Å². The van der Waals surface area contributed by atoms with Gasteiger partial charge in [-0.3, -0.25) is 4.79 Å². The number of fused-ring (bicyclic) bond motifs is 2. The van der Waals surface area contributed by atoms with E-state index in [1.165, 1.54) is 0 Å². The van der Waals surface area contributed by atoms with Crippen molar-refractivity contribution in [3.05, 3.63) is 53.1 Å². The van der Waals surface area contributed by atoms with Gasteiger partial charge in [-0.05, 0) is 37.3 Å². The molecule has 0 spiro atoms. The van der Waals surface area contributed by atoms with Crippen LogP contribution in [0.1, 0.15) is 19.4 Å². The molecule has 7 heteroatoms. The third-order valence-electron chi connectivity index (χ3n) is 5.26. The second kappa shape index (κ2) is 8.43. The molecule has 2 atom stereocenters. The number of nitrogens with zero attached hydrogens (tertiary/aromatic N) is 2. The van der Waals surface area contributed by atoms with E-state index in [4.69, 9.17) is 26.1 Å². The van der Waals surface area contributed by atoms with Gasteiger partial charge in [0, 0.05) is 30.7 Å². The molecule has 0 aromatic heterocycles. The smallest absolute Gasteiger partial charge is 0.310 e. The highest BCUT2D eigenvalue weighted by Gasteiger charge is 2.32. The highest BCUT2D eigenvalue weighted by Crippen LogP contribution is 2.39. The number of nitrogens with one attached hydrogen (secondary N) is 1. The normalized spacial score (nSPS) is 19.2. The quantitative estimate of drug-likeness (QED) is 0.770. The van der Waals surface area contributed by atoms with Crippen LogP contribution in [0.4, 0.5) is 5.69 Å². The molecule has 1 saturated heterocycles. The summed E-state index contributed by atoms with van der Waals surface area (Å²) in [5.74, 6) is 1.81. The fraction of sp³-hybridized carbons (Fsp3) is 0.364. The Bertz CT molecular complexity index is 947. The number of hydrogen-bond acceptors (Lipinski definition) is 6. The van der Waals surface area contributed by atoms with Gasteiger partial charge in [-0.1, -0.05) is 30.7 Å². The van der Waals surface area contributed by atoms with Gasteiger partial charge in [0.25, 0.3) is 0 Å². The van der Waals surface area contributed by atoms with Crippen LogP contribution in [0.15, 0.2) is 47.5 Å². The molecule has 0 amide bonds. The largest absolute Gasteiger partial charge is 0.466 e. The number of hydrogen-bond donors (Lipinski definition) is 1. The minimum atomic E-state index is -0.252. The lowest BCUT2D eigenvalue weighted by molar-refractivity contribution is -0.148.